The first-order chi connectivity index (χ1) is 24.9. The summed E-state index contributed by atoms with van der Waals surface area (Å²) in [5, 5.41) is 8.97. The number of carboxylic acid groups (broad SMARTS) is 1. The SMILES string of the molecule is C.C.C.CCC(C)(C)C(=O)C(=O)N1CCC[C@H]1C(=O)NNC(=O)c1ccccn1.CCC(C)(C)C(=O)C(=O)N1CCC[C@H]1C(=O)O.NNC(=O)c1ccccn1. The van der Waals surface area contributed by atoms with Crippen LogP contribution in [0, 0.1) is 10.8 Å². The molecule has 4 heterocycles. The van der Waals surface area contributed by atoms with E-state index in [9.17, 15) is 38.4 Å². The van der Waals surface area contributed by atoms with Crippen LogP contribution in [0.2, 0.25) is 0 Å². The number of hydrogen-bond donors (Lipinski definition) is 5. The third kappa shape index (κ3) is 14.2. The Morgan fingerprint density at radius 3 is 1.48 bits per heavy atom. The van der Waals surface area contributed by atoms with Crippen LogP contribution in [0.15, 0.2) is 48.8 Å². The maximum atomic E-state index is 12.5. The van der Waals surface area contributed by atoms with Crippen LogP contribution in [0.1, 0.15) is 123 Å². The maximum absolute atomic E-state index is 12.5. The molecule has 2 atom stereocenters. The van der Waals surface area contributed by atoms with E-state index in [0.717, 1.165) is 0 Å². The second kappa shape index (κ2) is 24.0. The highest BCUT2D eigenvalue weighted by atomic mass is 16.4. The summed E-state index contributed by atoms with van der Waals surface area (Å²) in [6.07, 6.45) is 6.23. The lowest BCUT2D eigenvalue weighted by Gasteiger charge is -2.27. The van der Waals surface area contributed by atoms with E-state index in [0.29, 0.717) is 57.3 Å². The summed E-state index contributed by atoms with van der Waals surface area (Å²) >= 11 is 0. The van der Waals surface area contributed by atoms with Gasteiger partial charge in [-0.15, -0.1) is 0 Å². The van der Waals surface area contributed by atoms with Gasteiger partial charge in [-0.1, -0.05) is 76.0 Å². The molecule has 0 bridgehead atoms. The minimum atomic E-state index is -1.03. The van der Waals surface area contributed by atoms with Crippen LogP contribution >= 0.6 is 0 Å². The number of hydrogen-bond acceptors (Lipinski definition) is 11. The number of carbonyl (C=O) groups excluding carboxylic acids is 7. The first-order valence-corrected chi connectivity index (χ1v) is 17.3. The summed E-state index contributed by atoms with van der Waals surface area (Å²) in [5.41, 5.74) is 5.57. The number of ketones is 2. The molecule has 0 aliphatic carbocycles. The van der Waals surface area contributed by atoms with Crippen molar-refractivity contribution in [1.82, 2.24) is 36.0 Å². The van der Waals surface area contributed by atoms with Crippen molar-refractivity contribution in [3.63, 3.8) is 0 Å². The highest BCUT2D eigenvalue weighted by Crippen LogP contribution is 2.26. The molecule has 2 aliphatic heterocycles. The van der Waals surface area contributed by atoms with Crippen molar-refractivity contribution < 1.29 is 43.5 Å². The molecule has 6 N–H and O–H groups in total. The number of pyridine rings is 2. The molecular weight excluding hydrogens is 724 g/mol. The van der Waals surface area contributed by atoms with Crippen molar-refractivity contribution >= 4 is 47.1 Å². The lowest BCUT2D eigenvalue weighted by atomic mass is 9.84. The Labute approximate surface area is 330 Å². The van der Waals surface area contributed by atoms with Crippen molar-refractivity contribution in [1.29, 1.82) is 0 Å². The van der Waals surface area contributed by atoms with Gasteiger partial charge in [0.25, 0.3) is 29.5 Å². The zero-order chi connectivity index (χ0) is 39.9. The van der Waals surface area contributed by atoms with Crippen LogP contribution in [0.4, 0.5) is 0 Å². The zero-order valence-electron chi connectivity index (χ0n) is 31.0. The van der Waals surface area contributed by atoms with Gasteiger partial charge in [0.2, 0.25) is 11.6 Å². The van der Waals surface area contributed by atoms with Gasteiger partial charge in [-0.25, -0.2) is 10.6 Å². The van der Waals surface area contributed by atoms with Crippen LogP contribution < -0.4 is 22.1 Å². The molecule has 2 aromatic rings. The lowest BCUT2D eigenvalue weighted by molar-refractivity contribution is -0.154. The van der Waals surface area contributed by atoms with Gasteiger partial charge < -0.3 is 14.9 Å². The molecule has 2 aliphatic rings. The minimum Gasteiger partial charge on any atom is -0.480 e. The molecule has 2 aromatic heterocycles. The molecule has 2 fully saturated rings. The number of nitrogens with two attached hydrogens (primary N) is 1. The van der Waals surface area contributed by atoms with E-state index in [-0.39, 0.29) is 33.9 Å². The molecule has 0 spiro atoms. The van der Waals surface area contributed by atoms with E-state index in [1.54, 1.807) is 58.0 Å². The first-order valence-electron chi connectivity index (χ1n) is 17.3. The van der Waals surface area contributed by atoms with Crippen LogP contribution in [-0.4, -0.2) is 97.1 Å². The Balaban J connectivity index is 0. The van der Waals surface area contributed by atoms with Crippen LogP contribution in [0.5, 0.6) is 0 Å². The summed E-state index contributed by atoms with van der Waals surface area (Å²) in [6.45, 7) is 11.2. The fourth-order valence-corrected chi connectivity index (χ4v) is 5.04. The van der Waals surface area contributed by atoms with Gasteiger partial charge >= 0.3 is 5.97 Å². The molecule has 4 rings (SSSR count). The summed E-state index contributed by atoms with van der Waals surface area (Å²) < 4.78 is 0. The molecule has 0 aromatic carbocycles. The quantitative estimate of drug-likeness (QED) is 0.100. The Hall–Kier alpha value is -5.58. The number of nitrogens with zero attached hydrogens (tertiary/aromatic N) is 4. The Morgan fingerprint density at radius 2 is 1.11 bits per heavy atom. The topological polar surface area (TPSA) is 251 Å². The minimum absolute atomic E-state index is 0. The standard InChI is InChI=1S/C18H24N4O4.C12H19NO4.C6H7N3O.3CH4/c1-4-18(2,3)14(23)17(26)22-11-7-9-13(22)16(25)21-20-15(24)12-8-5-6-10-19-12;1-4-12(2,3)9(14)10(15)13-7-5-6-8(13)11(16)17;7-9-6(10)5-3-1-2-4-8-5;;;/h5-6,8,10,13H,4,7,9,11H2,1-3H3,(H,20,24)(H,21,25);8H,4-7H2,1-3H3,(H,16,17);1-4H,7H2,(H,9,10);3*1H4/t13-;8-;;;;/m00..../s1. The Morgan fingerprint density at radius 1 is 0.696 bits per heavy atom. The van der Waals surface area contributed by atoms with Crippen molar-refractivity contribution in [3.05, 3.63) is 60.2 Å². The Bertz CT molecular complexity index is 1640. The average molecular weight is 787 g/mol. The van der Waals surface area contributed by atoms with Crippen molar-refractivity contribution in [2.75, 3.05) is 13.1 Å². The van der Waals surface area contributed by atoms with Crippen molar-refractivity contribution in [2.45, 2.75) is 114 Å². The number of Topliss-reactive ketones (excluding diaryl/α,β-unsaturated/α-hetero) is 2. The molecule has 56 heavy (non-hydrogen) atoms. The zero-order valence-corrected chi connectivity index (χ0v) is 31.0. The van der Waals surface area contributed by atoms with E-state index in [2.05, 4.69) is 20.8 Å². The number of carboxylic acids is 1. The molecular formula is C39H62N8O9. The van der Waals surface area contributed by atoms with Crippen molar-refractivity contribution in [2.24, 2.45) is 16.7 Å². The highest BCUT2D eigenvalue weighted by Gasteiger charge is 2.42. The predicted molar refractivity (Wildman–Crippen MR) is 211 cm³/mol. The lowest BCUT2D eigenvalue weighted by Crippen LogP contribution is -2.53. The number of nitrogen functional groups attached to an aromatic ring is 1. The number of amides is 5. The number of likely N-dealkylation sites (tertiary alicyclic amines) is 2. The molecule has 0 radical (unpaired) electrons. The van der Waals surface area contributed by atoms with E-state index < -0.39 is 64.1 Å². The number of aromatic nitrogens is 2. The predicted octanol–water partition coefficient (Wildman–Crippen LogP) is 3.50. The second-order valence-electron chi connectivity index (χ2n) is 13.6. The van der Waals surface area contributed by atoms with E-state index in [1.165, 1.54) is 28.3 Å². The summed E-state index contributed by atoms with van der Waals surface area (Å²) in [4.78, 5) is 105. The second-order valence-corrected chi connectivity index (χ2v) is 13.6. The smallest absolute Gasteiger partial charge is 0.326 e. The molecule has 2 saturated heterocycles. The van der Waals surface area contributed by atoms with Gasteiger partial charge in [-0.05, 0) is 62.8 Å². The molecule has 0 unspecified atom stereocenters. The van der Waals surface area contributed by atoms with Crippen LogP contribution in [-0.2, 0) is 28.8 Å². The van der Waals surface area contributed by atoms with E-state index in [1.807, 2.05) is 19.3 Å². The molecule has 0 saturated carbocycles. The van der Waals surface area contributed by atoms with Gasteiger partial charge in [-0.2, -0.15) is 0 Å². The fraction of sp³-hybridized carbons (Fsp3) is 0.538. The van der Waals surface area contributed by atoms with Crippen LogP contribution in [0.25, 0.3) is 0 Å². The van der Waals surface area contributed by atoms with Crippen molar-refractivity contribution in [3.8, 4) is 0 Å². The van der Waals surface area contributed by atoms with Gasteiger partial charge in [-0.3, -0.25) is 59.8 Å². The normalized spacial score (nSPS) is 15.6. The number of carbonyl (C=O) groups is 8. The summed E-state index contributed by atoms with van der Waals surface area (Å²) in [7, 11) is 0. The molecule has 312 valence electrons. The molecule has 17 heteroatoms. The average Bonchev–Trinajstić information content (AvgIpc) is 3.88. The number of hydrazine groups is 2. The van der Waals surface area contributed by atoms with Gasteiger partial charge in [0, 0.05) is 36.3 Å². The maximum Gasteiger partial charge on any atom is 0.326 e. The monoisotopic (exact) mass is 786 g/mol. The number of rotatable bonds is 10. The first kappa shape index (κ1) is 52.5. The van der Waals surface area contributed by atoms with Gasteiger partial charge in [0.1, 0.15) is 23.5 Å². The summed E-state index contributed by atoms with van der Waals surface area (Å²) in [5.74, 6) is 0.0835. The summed E-state index contributed by atoms with van der Waals surface area (Å²) in [6, 6.07) is 8.27. The molecule has 17 nitrogen and oxygen atoms in total. The molecule has 5 amide bonds. The van der Waals surface area contributed by atoms with E-state index in [4.69, 9.17) is 10.9 Å². The van der Waals surface area contributed by atoms with Crippen LogP contribution in [0.3, 0.4) is 0 Å². The third-order valence-electron chi connectivity index (χ3n) is 9.23. The number of aliphatic carboxylic acids is 1. The van der Waals surface area contributed by atoms with Gasteiger partial charge in [0.15, 0.2) is 0 Å². The third-order valence-corrected chi connectivity index (χ3v) is 9.23. The van der Waals surface area contributed by atoms with E-state index >= 15 is 0 Å². The fourth-order valence-electron chi connectivity index (χ4n) is 5.04. The highest BCUT2D eigenvalue weighted by molar-refractivity contribution is 6.38. The Kier molecular flexibility index (Phi) is 22.6. The van der Waals surface area contributed by atoms with Gasteiger partial charge in [0.05, 0.1) is 0 Å². The largest absolute Gasteiger partial charge is 0.480 e. The number of nitrogens with one attached hydrogen (secondary N) is 3.